The molecule has 102 valence electrons. The Hall–Kier alpha value is -0.0800. The fraction of sp³-hybridized carbons (Fsp3) is 1.00. The third-order valence-electron chi connectivity index (χ3n) is 4.75. The molecule has 2 atom stereocenters. The molecule has 0 spiro atoms. The first-order valence-corrected chi connectivity index (χ1v) is 7.38. The number of nitrogens with two attached hydrogens (primary N) is 1. The van der Waals surface area contributed by atoms with Crippen LogP contribution in [0, 0.1) is 17.3 Å². The fourth-order valence-corrected chi connectivity index (χ4v) is 3.27. The first-order valence-electron chi connectivity index (χ1n) is 7.38. The van der Waals surface area contributed by atoms with Crippen LogP contribution >= 0.6 is 0 Å². The summed E-state index contributed by atoms with van der Waals surface area (Å²) in [7, 11) is 0. The van der Waals surface area contributed by atoms with E-state index in [1.165, 1.54) is 32.4 Å². The van der Waals surface area contributed by atoms with E-state index in [-0.39, 0.29) is 0 Å². The highest BCUT2D eigenvalue weighted by Crippen LogP contribution is 2.35. The van der Waals surface area contributed by atoms with Crippen molar-refractivity contribution in [3.8, 4) is 0 Å². The molecule has 2 unspecified atom stereocenters. The number of likely N-dealkylation sites (tertiary alicyclic amines) is 1. The highest BCUT2D eigenvalue weighted by molar-refractivity contribution is 4.89. The first-order chi connectivity index (χ1) is 7.93. The summed E-state index contributed by atoms with van der Waals surface area (Å²) in [4.78, 5) is 2.66. The maximum absolute atomic E-state index is 6.02. The lowest BCUT2D eigenvalue weighted by molar-refractivity contribution is 0.149. The van der Waals surface area contributed by atoms with Gasteiger partial charge >= 0.3 is 0 Å². The smallest absolute Gasteiger partial charge is 0.0246 e. The third-order valence-corrected chi connectivity index (χ3v) is 4.75. The van der Waals surface area contributed by atoms with Gasteiger partial charge in [0.1, 0.15) is 0 Å². The molecule has 0 aromatic rings. The summed E-state index contributed by atoms with van der Waals surface area (Å²) in [6.07, 6.45) is 3.87. The minimum Gasteiger partial charge on any atom is -0.329 e. The van der Waals surface area contributed by atoms with Crippen molar-refractivity contribution in [2.24, 2.45) is 23.0 Å². The van der Waals surface area contributed by atoms with Gasteiger partial charge in [-0.15, -0.1) is 0 Å². The Morgan fingerprint density at radius 3 is 2.18 bits per heavy atom. The molecule has 0 radical (unpaired) electrons. The van der Waals surface area contributed by atoms with Crippen LogP contribution in [0.5, 0.6) is 0 Å². The van der Waals surface area contributed by atoms with E-state index in [0.29, 0.717) is 11.5 Å². The van der Waals surface area contributed by atoms with Crippen LogP contribution in [0.15, 0.2) is 0 Å². The summed E-state index contributed by atoms with van der Waals surface area (Å²) < 4.78 is 0. The van der Waals surface area contributed by atoms with Gasteiger partial charge in [-0.3, -0.25) is 4.90 Å². The standard InChI is InChI=1S/C15H32N2/c1-6-12(7-2)14(10-16)17-9-8-13(11-17)15(3,4)5/h12-14H,6-11,16H2,1-5H3. The predicted molar refractivity (Wildman–Crippen MR) is 76.0 cm³/mol. The fourth-order valence-electron chi connectivity index (χ4n) is 3.27. The normalized spacial score (nSPS) is 24.5. The van der Waals surface area contributed by atoms with Crippen molar-refractivity contribution in [2.75, 3.05) is 19.6 Å². The molecular formula is C15H32N2. The summed E-state index contributed by atoms with van der Waals surface area (Å²) >= 11 is 0. The second kappa shape index (κ2) is 6.19. The van der Waals surface area contributed by atoms with Gasteiger partial charge in [0.2, 0.25) is 0 Å². The van der Waals surface area contributed by atoms with E-state index < -0.39 is 0 Å². The molecule has 1 aliphatic heterocycles. The lowest BCUT2D eigenvalue weighted by Crippen LogP contribution is -2.44. The zero-order valence-corrected chi connectivity index (χ0v) is 12.5. The Morgan fingerprint density at radius 1 is 1.24 bits per heavy atom. The maximum Gasteiger partial charge on any atom is 0.0246 e. The van der Waals surface area contributed by atoms with Crippen LogP contribution in [0.25, 0.3) is 0 Å². The van der Waals surface area contributed by atoms with E-state index in [0.717, 1.165) is 18.4 Å². The molecule has 1 saturated heterocycles. The highest BCUT2D eigenvalue weighted by atomic mass is 15.2. The van der Waals surface area contributed by atoms with E-state index in [1.807, 2.05) is 0 Å². The van der Waals surface area contributed by atoms with Crippen LogP contribution in [0.2, 0.25) is 0 Å². The summed E-state index contributed by atoms with van der Waals surface area (Å²) in [6.45, 7) is 15.0. The molecule has 1 heterocycles. The van der Waals surface area contributed by atoms with Gasteiger partial charge in [-0.25, -0.2) is 0 Å². The number of hydrogen-bond donors (Lipinski definition) is 1. The average molecular weight is 240 g/mol. The minimum absolute atomic E-state index is 0.446. The van der Waals surface area contributed by atoms with Gasteiger partial charge in [-0.05, 0) is 30.2 Å². The van der Waals surface area contributed by atoms with E-state index in [4.69, 9.17) is 5.73 Å². The molecule has 0 saturated carbocycles. The first kappa shape index (κ1) is 15.0. The van der Waals surface area contributed by atoms with Crippen LogP contribution in [-0.4, -0.2) is 30.6 Å². The highest BCUT2D eigenvalue weighted by Gasteiger charge is 2.35. The van der Waals surface area contributed by atoms with Crippen molar-refractivity contribution in [2.45, 2.75) is 59.9 Å². The lowest BCUT2D eigenvalue weighted by Gasteiger charge is -2.34. The van der Waals surface area contributed by atoms with Gasteiger partial charge in [0.05, 0.1) is 0 Å². The second-order valence-electron chi connectivity index (χ2n) is 6.73. The van der Waals surface area contributed by atoms with Crippen LogP contribution in [-0.2, 0) is 0 Å². The summed E-state index contributed by atoms with van der Waals surface area (Å²) in [5.41, 5.74) is 6.46. The van der Waals surface area contributed by atoms with Crippen LogP contribution in [0.4, 0.5) is 0 Å². The Morgan fingerprint density at radius 2 is 1.82 bits per heavy atom. The molecular weight excluding hydrogens is 208 g/mol. The van der Waals surface area contributed by atoms with Crippen LogP contribution in [0.3, 0.4) is 0 Å². The van der Waals surface area contributed by atoms with E-state index >= 15 is 0 Å². The molecule has 0 aliphatic carbocycles. The monoisotopic (exact) mass is 240 g/mol. The Balaban J connectivity index is 2.61. The summed E-state index contributed by atoms with van der Waals surface area (Å²) in [5.74, 6) is 1.62. The molecule has 1 aliphatic rings. The van der Waals surface area contributed by atoms with Crippen molar-refractivity contribution >= 4 is 0 Å². The topological polar surface area (TPSA) is 29.3 Å². The van der Waals surface area contributed by atoms with Gasteiger partial charge in [0.25, 0.3) is 0 Å². The van der Waals surface area contributed by atoms with Crippen molar-refractivity contribution in [1.82, 2.24) is 4.90 Å². The van der Waals surface area contributed by atoms with E-state index in [1.54, 1.807) is 0 Å². The molecule has 2 heteroatoms. The van der Waals surface area contributed by atoms with Gasteiger partial charge in [-0.2, -0.15) is 0 Å². The molecule has 1 rings (SSSR count). The summed E-state index contributed by atoms with van der Waals surface area (Å²) in [6, 6.07) is 0.609. The van der Waals surface area contributed by atoms with Crippen molar-refractivity contribution < 1.29 is 0 Å². The zero-order chi connectivity index (χ0) is 13.1. The average Bonchev–Trinajstić information content (AvgIpc) is 2.74. The molecule has 2 N–H and O–H groups in total. The van der Waals surface area contributed by atoms with Gasteiger partial charge < -0.3 is 5.73 Å². The lowest BCUT2D eigenvalue weighted by atomic mass is 9.80. The Bertz CT molecular complexity index is 215. The van der Waals surface area contributed by atoms with Crippen LogP contribution in [0.1, 0.15) is 53.9 Å². The number of nitrogens with zero attached hydrogens (tertiary/aromatic N) is 1. The molecule has 2 nitrogen and oxygen atoms in total. The van der Waals surface area contributed by atoms with E-state index in [9.17, 15) is 0 Å². The molecule has 0 amide bonds. The Kier molecular flexibility index (Phi) is 5.46. The number of rotatable bonds is 5. The van der Waals surface area contributed by atoms with Crippen molar-refractivity contribution in [1.29, 1.82) is 0 Å². The minimum atomic E-state index is 0.446. The van der Waals surface area contributed by atoms with Crippen molar-refractivity contribution in [3.63, 3.8) is 0 Å². The number of hydrogen-bond acceptors (Lipinski definition) is 2. The van der Waals surface area contributed by atoms with Gasteiger partial charge in [0.15, 0.2) is 0 Å². The second-order valence-corrected chi connectivity index (χ2v) is 6.73. The Labute approximate surface area is 108 Å². The molecule has 0 bridgehead atoms. The summed E-state index contributed by atoms with van der Waals surface area (Å²) in [5, 5.41) is 0. The van der Waals surface area contributed by atoms with Crippen LogP contribution < -0.4 is 5.73 Å². The zero-order valence-electron chi connectivity index (χ0n) is 12.5. The van der Waals surface area contributed by atoms with E-state index in [2.05, 4.69) is 39.5 Å². The third kappa shape index (κ3) is 3.69. The molecule has 1 fully saturated rings. The molecule has 17 heavy (non-hydrogen) atoms. The van der Waals surface area contributed by atoms with Gasteiger partial charge in [0, 0.05) is 19.1 Å². The van der Waals surface area contributed by atoms with Gasteiger partial charge in [-0.1, -0.05) is 47.5 Å². The SMILES string of the molecule is CCC(CC)C(CN)N1CCC(C(C)(C)C)C1. The predicted octanol–water partition coefficient (Wildman–Crippen LogP) is 3.12. The molecule has 0 aromatic heterocycles. The van der Waals surface area contributed by atoms with Crippen molar-refractivity contribution in [3.05, 3.63) is 0 Å². The largest absolute Gasteiger partial charge is 0.329 e. The maximum atomic E-state index is 6.02. The molecule has 0 aromatic carbocycles. The quantitative estimate of drug-likeness (QED) is 0.800.